The highest BCUT2D eigenvalue weighted by molar-refractivity contribution is 7.05. The minimum atomic E-state index is -0.936. The molecule has 29 heavy (non-hydrogen) atoms. The van der Waals surface area contributed by atoms with Gasteiger partial charge in [0.2, 0.25) is 0 Å². The van der Waals surface area contributed by atoms with Crippen molar-refractivity contribution in [3.63, 3.8) is 0 Å². The molecule has 2 aliphatic heterocycles. The van der Waals surface area contributed by atoms with Gasteiger partial charge in [-0.1, -0.05) is 28.2 Å². The predicted molar refractivity (Wildman–Crippen MR) is 108 cm³/mol. The van der Waals surface area contributed by atoms with Gasteiger partial charge >= 0.3 is 0 Å². The van der Waals surface area contributed by atoms with Crippen LogP contribution < -0.4 is 0 Å². The van der Waals surface area contributed by atoms with E-state index in [1.165, 1.54) is 11.5 Å². The first-order valence-electron chi connectivity index (χ1n) is 9.28. The average molecular weight is 428 g/mol. The van der Waals surface area contributed by atoms with Crippen molar-refractivity contribution < 1.29 is 9.90 Å². The summed E-state index contributed by atoms with van der Waals surface area (Å²) in [6.07, 6.45) is 1.23. The van der Waals surface area contributed by atoms with E-state index in [9.17, 15) is 9.90 Å². The van der Waals surface area contributed by atoms with Crippen molar-refractivity contribution in [2.24, 2.45) is 0 Å². The molecule has 148 valence electrons. The highest BCUT2D eigenvalue weighted by atomic mass is 35.5. The number of amides is 1. The molecule has 0 saturated carbocycles. The zero-order chi connectivity index (χ0) is 20.2. The first kappa shape index (κ1) is 18.6. The Labute approximate surface area is 176 Å². The van der Waals surface area contributed by atoms with E-state index in [-0.39, 0.29) is 5.91 Å². The SMILES string of the molecule is Cc1nnsc1C(O)N1CCN2C(=O)c3cccnc3CC21c1ccc(Cl)cc1. The van der Waals surface area contributed by atoms with Gasteiger partial charge in [0.1, 0.15) is 11.9 Å². The lowest BCUT2D eigenvalue weighted by molar-refractivity contribution is -0.0899. The van der Waals surface area contributed by atoms with Gasteiger partial charge in [-0.2, -0.15) is 0 Å². The molecule has 3 aromatic rings. The zero-order valence-electron chi connectivity index (χ0n) is 15.6. The summed E-state index contributed by atoms with van der Waals surface area (Å²) in [6, 6.07) is 11.0. The van der Waals surface area contributed by atoms with Crippen molar-refractivity contribution in [3.05, 3.63) is 75.0 Å². The third-order valence-corrected chi connectivity index (χ3v) is 6.91. The third kappa shape index (κ3) is 2.71. The van der Waals surface area contributed by atoms with Gasteiger partial charge in [0.15, 0.2) is 0 Å². The van der Waals surface area contributed by atoms with Crippen molar-refractivity contribution >= 4 is 29.0 Å². The van der Waals surface area contributed by atoms with E-state index >= 15 is 0 Å². The molecule has 0 aliphatic carbocycles. The van der Waals surface area contributed by atoms with E-state index < -0.39 is 11.9 Å². The van der Waals surface area contributed by atoms with Crippen molar-refractivity contribution in [1.82, 2.24) is 24.4 Å². The number of pyridine rings is 1. The number of carbonyl (C=O) groups is 1. The quantitative estimate of drug-likeness (QED) is 0.692. The second kappa shape index (κ2) is 6.84. The van der Waals surface area contributed by atoms with E-state index in [2.05, 4.69) is 14.6 Å². The molecule has 4 heterocycles. The number of carbonyl (C=O) groups excluding carboxylic acids is 1. The second-order valence-corrected chi connectivity index (χ2v) is 8.47. The standard InChI is InChI=1S/C20H18ClN5O2S/c1-12-17(29-24-23-12)19(28)26-10-9-25-18(27)15-3-2-8-22-16(15)11-20(25,26)13-4-6-14(21)7-5-13/h2-8,19,28H,9-11H2,1H3. The van der Waals surface area contributed by atoms with E-state index in [4.69, 9.17) is 11.6 Å². The lowest BCUT2D eigenvalue weighted by Crippen LogP contribution is -2.58. The number of halogens is 1. The minimum Gasteiger partial charge on any atom is -0.373 e. The van der Waals surface area contributed by atoms with E-state index in [0.717, 1.165) is 11.3 Å². The molecule has 2 aromatic heterocycles. The van der Waals surface area contributed by atoms with Gasteiger partial charge in [-0.25, -0.2) is 4.90 Å². The van der Waals surface area contributed by atoms with Crippen molar-refractivity contribution in [1.29, 1.82) is 0 Å². The van der Waals surface area contributed by atoms with Crippen LogP contribution in [0.2, 0.25) is 5.02 Å². The molecular formula is C20H18ClN5O2S. The van der Waals surface area contributed by atoms with Crippen LogP contribution in [-0.2, 0) is 12.1 Å². The number of aromatic nitrogens is 3. The number of aliphatic hydroxyl groups excluding tert-OH is 1. The number of aliphatic hydroxyl groups is 1. The maximum absolute atomic E-state index is 13.4. The van der Waals surface area contributed by atoms with Crippen molar-refractivity contribution in [2.75, 3.05) is 13.1 Å². The Bertz CT molecular complexity index is 1090. The number of rotatable bonds is 3. The Morgan fingerprint density at radius 3 is 2.76 bits per heavy atom. The van der Waals surface area contributed by atoms with E-state index in [0.29, 0.717) is 40.7 Å². The molecule has 5 rings (SSSR count). The summed E-state index contributed by atoms with van der Waals surface area (Å²) < 4.78 is 3.97. The molecule has 1 fully saturated rings. The van der Waals surface area contributed by atoms with Crippen LogP contribution in [-0.4, -0.2) is 48.5 Å². The monoisotopic (exact) mass is 427 g/mol. The number of nitrogens with zero attached hydrogens (tertiary/aromatic N) is 5. The fourth-order valence-electron chi connectivity index (χ4n) is 4.43. The minimum absolute atomic E-state index is 0.0804. The number of hydrogen-bond acceptors (Lipinski definition) is 7. The molecule has 1 amide bonds. The van der Waals surface area contributed by atoms with Gasteiger partial charge in [0.25, 0.3) is 5.91 Å². The lowest BCUT2D eigenvalue weighted by atomic mass is 9.86. The van der Waals surface area contributed by atoms with Crippen molar-refractivity contribution in [3.8, 4) is 0 Å². The number of aryl methyl sites for hydroxylation is 1. The van der Waals surface area contributed by atoms with Gasteiger partial charge in [-0.15, -0.1) is 5.10 Å². The van der Waals surface area contributed by atoms with Gasteiger partial charge in [-0.3, -0.25) is 9.78 Å². The van der Waals surface area contributed by atoms with Gasteiger partial charge < -0.3 is 10.0 Å². The van der Waals surface area contributed by atoms with Crippen LogP contribution in [0, 0.1) is 6.92 Å². The number of fused-ring (bicyclic) bond motifs is 2. The largest absolute Gasteiger partial charge is 0.373 e. The van der Waals surface area contributed by atoms with Crippen LogP contribution in [0.3, 0.4) is 0 Å². The predicted octanol–water partition coefficient (Wildman–Crippen LogP) is 2.75. The van der Waals surface area contributed by atoms with Gasteiger partial charge in [-0.05, 0) is 48.3 Å². The zero-order valence-corrected chi connectivity index (χ0v) is 17.2. The Kier molecular flexibility index (Phi) is 4.40. The van der Waals surface area contributed by atoms with Crippen LogP contribution in [0.4, 0.5) is 0 Å². The van der Waals surface area contributed by atoms with Gasteiger partial charge in [0.05, 0.1) is 21.8 Å². The van der Waals surface area contributed by atoms with Gasteiger partial charge in [0, 0.05) is 30.7 Å². The fourth-order valence-corrected chi connectivity index (χ4v) is 5.20. The highest BCUT2D eigenvalue weighted by Crippen LogP contribution is 2.48. The van der Waals surface area contributed by atoms with Crippen LogP contribution >= 0.6 is 23.1 Å². The molecule has 1 saturated heterocycles. The Hall–Kier alpha value is -2.39. The van der Waals surface area contributed by atoms with E-state index in [1.807, 2.05) is 47.1 Å². The van der Waals surface area contributed by atoms with Crippen molar-refractivity contribution in [2.45, 2.75) is 25.2 Å². The molecule has 1 aromatic carbocycles. The number of benzene rings is 1. The second-order valence-electron chi connectivity index (χ2n) is 7.24. The first-order chi connectivity index (χ1) is 14.0. The molecule has 2 aliphatic rings. The Morgan fingerprint density at radius 1 is 1.24 bits per heavy atom. The maximum Gasteiger partial charge on any atom is 0.257 e. The average Bonchev–Trinajstić information content (AvgIpc) is 3.33. The molecule has 7 nitrogen and oxygen atoms in total. The topological polar surface area (TPSA) is 82.5 Å². The summed E-state index contributed by atoms with van der Waals surface area (Å²) >= 11 is 7.30. The number of hydrogen-bond donors (Lipinski definition) is 1. The molecule has 2 unspecified atom stereocenters. The molecule has 0 radical (unpaired) electrons. The third-order valence-electron chi connectivity index (χ3n) is 5.79. The molecule has 1 N–H and O–H groups in total. The summed E-state index contributed by atoms with van der Waals surface area (Å²) in [6.45, 7) is 2.84. The van der Waals surface area contributed by atoms with Crippen LogP contribution in [0.5, 0.6) is 0 Å². The summed E-state index contributed by atoms with van der Waals surface area (Å²) in [7, 11) is 0. The molecule has 0 bridgehead atoms. The normalized spacial score (nSPS) is 22.4. The van der Waals surface area contributed by atoms with Crippen LogP contribution in [0.25, 0.3) is 0 Å². The fraction of sp³-hybridized carbons (Fsp3) is 0.300. The smallest absolute Gasteiger partial charge is 0.257 e. The molecular weight excluding hydrogens is 410 g/mol. The first-order valence-corrected chi connectivity index (χ1v) is 10.4. The van der Waals surface area contributed by atoms with E-state index in [1.54, 1.807) is 12.3 Å². The molecule has 0 spiro atoms. The summed E-state index contributed by atoms with van der Waals surface area (Å²) in [5, 5.41) is 16.0. The summed E-state index contributed by atoms with van der Waals surface area (Å²) in [4.78, 5) is 22.4. The Balaban J connectivity index is 1.70. The van der Waals surface area contributed by atoms with Crippen LogP contribution in [0.1, 0.15) is 38.4 Å². The maximum atomic E-state index is 13.4. The summed E-state index contributed by atoms with van der Waals surface area (Å²) in [5.41, 5.74) is 2.05. The molecule has 9 heteroatoms. The highest BCUT2D eigenvalue weighted by Gasteiger charge is 2.56. The summed E-state index contributed by atoms with van der Waals surface area (Å²) in [5.74, 6) is -0.0804. The van der Waals surface area contributed by atoms with Crippen LogP contribution in [0.15, 0.2) is 42.6 Å². The lowest BCUT2D eigenvalue weighted by Gasteiger charge is -2.48. The molecule has 2 atom stereocenters. The Morgan fingerprint density at radius 2 is 2.03 bits per heavy atom.